The van der Waals surface area contributed by atoms with Crippen molar-refractivity contribution in [2.75, 3.05) is 0 Å². The number of carboxylic acid groups (broad SMARTS) is 1. The van der Waals surface area contributed by atoms with Crippen LogP contribution in [0.2, 0.25) is 0 Å². The fourth-order valence-corrected chi connectivity index (χ4v) is 4.14. The number of allylic oxidation sites excluding steroid dienone is 2. The van der Waals surface area contributed by atoms with Crippen molar-refractivity contribution in [3.8, 4) is 0 Å². The van der Waals surface area contributed by atoms with Gasteiger partial charge in [0.15, 0.2) is 5.78 Å². The Hall–Kier alpha value is -1.92. The average molecular weight is 352 g/mol. The molecule has 1 unspecified atom stereocenters. The molecule has 3 rings (SSSR count). The first-order valence-electron chi connectivity index (χ1n) is 7.12. The minimum absolute atomic E-state index is 0.0671. The summed E-state index contributed by atoms with van der Waals surface area (Å²) >= 11 is 7.59. The highest BCUT2D eigenvalue weighted by atomic mass is 35.5. The molecule has 5 nitrogen and oxygen atoms in total. The molecule has 1 aliphatic heterocycles. The van der Waals surface area contributed by atoms with Crippen molar-refractivity contribution in [2.24, 2.45) is 0 Å². The van der Waals surface area contributed by atoms with Crippen LogP contribution in [0.1, 0.15) is 36.5 Å². The molecule has 0 saturated carbocycles. The lowest BCUT2D eigenvalue weighted by Crippen LogP contribution is -2.38. The van der Waals surface area contributed by atoms with Gasteiger partial charge >= 0.3 is 5.97 Å². The monoisotopic (exact) mass is 351 g/mol. The minimum atomic E-state index is -1.02. The number of amides is 1. The number of carbonyl (C=O) groups is 3. The molecule has 0 aromatic carbocycles. The lowest BCUT2D eigenvalue weighted by molar-refractivity contribution is -0.136. The molecule has 1 atom stereocenters. The molecule has 1 aromatic heterocycles. The van der Waals surface area contributed by atoms with Crippen LogP contribution in [-0.2, 0) is 9.59 Å². The normalized spacial score (nSPS) is 21.0. The molecule has 1 aliphatic carbocycles. The minimum Gasteiger partial charge on any atom is -0.481 e. The topological polar surface area (TPSA) is 74.7 Å². The molecular formula is C16H14ClNO4S. The zero-order valence-corrected chi connectivity index (χ0v) is 13.9. The number of halogens is 1. The van der Waals surface area contributed by atoms with E-state index in [2.05, 4.69) is 0 Å². The van der Waals surface area contributed by atoms with Gasteiger partial charge in [0.2, 0.25) is 0 Å². The molecule has 2 heterocycles. The molecular weight excluding hydrogens is 338 g/mol. The molecule has 0 bridgehead atoms. The number of rotatable bonds is 3. The van der Waals surface area contributed by atoms with Crippen LogP contribution >= 0.6 is 22.9 Å². The van der Waals surface area contributed by atoms with Crippen LogP contribution < -0.4 is 0 Å². The van der Waals surface area contributed by atoms with E-state index in [-0.39, 0.29) is 35.6 Å². The van der Waals surface area contributed by atoms with Crippen molar-refractivity contribution in [3.05, 3.63) is 44.3 Å². The second-order valence-electron chi connectivity index (χ2n) is 5.53. The molecule has 0 saturated heterocycles. The Morgan fingerprint density at radius 2 is 2.22 bits per heavy atom. The Morgan fingerprint density at radius 1 is 1.48 bits per heavy atom. The summed E-state index contributed by atoms with van der Waals surface area (Å²) in [5.74, 6) is -1.40. The number of thiophene rings is 1. The highest BCUT2D eigenvalue weighted by molar-refractivity contribution is 7.08. The number of Topliss-reactive ketones (excluding diaryl/α,β-unsaturated/α-hetero) is 1. The quantitative estimate of drug-likeness (QED) is 0.907. The Labute approximate surface area is 141 Å². The van der Waals surface area contributed by atoms with E-state index in [0.29, 0.717) is 28.8 Å². The number of hydrogen-bond acceptors (Lipinski definition) is 4. The molecule has 23 heavy (non-hydrogen) atoms. The van der Waals surface area contributed by atoms with E-state index in [1.165, 1.54) is 11.3 Å². The SMILES string of the molecule is CC1=C(CC(=O)O)C2=C(Cl)C(=O)CCC2N1C(=O)c1ccsc1. The maximum atomic E-state index is 12.8. The van der Waals surface area contributed by atoms with Gasteiger partial charge < -0.3 is 10.0 Å². The van der Waals surface area contributed by atoms with Gasteiger partial charge in [-0.1, -0.05) is 11.6 Å². The van der Waals surface area contributed by atoms with Gasteiger partial charge in [-0.2, -0.15) is 11.3 Å². The fraction of sp³-hybridized carbons (Fsp3) is 0.312. The first-order valence-corrected chi connectivity index (χ1v) is 8.44. The highest BCUT2D eigenvalue weighted by Gasteiger charge is 2.43. The van der Waals surface area contributed by atoms with E-state index >= 15 is 0 Å². The van der Waals surface area contributed by atoms with Gasteiger partial charge in [-0.15, -0.1) is 0 Å². The van der Waals surface area contributed by atoms with Gasteiger partial charge in [-0.25, -0.2) is 0 Å². The van der Waals surface area contributed by atoms with Crippen LogP contribution in [0.25, 0.3) is 0 Å². The number of nitrogens with zero attached hydrogens (tertiary/aromatic N) is 1. The van der Waals surface area contributed by atoms with Crippen molar-refractivity contribution < 1.29 is 19.5 Å². The second kappa shape index (κ2) is 5.94. The standard InChI is InChI=1S/C16H14ClNO4S/c1-8-10(6-13(20)21)14-11(2-3-12(19)15(14)17)18(8)16(22)9-4-5-23-7-9/h4-5,7,11H,2-3,6H2,1H3,(H,20,21). The van der Waals surface area contributed by atoms with Gasteiger partial charge in [0.1, 0.15) is 0 Å². The average Bonchev–Trinajstić information content (AvgIpc) is 3.10. The first kappa shape index (κ1) is 16.0. The van der Waals surface area contributed by atoms with Crippen LogP contribution in [0.4, 0.5) is 0 Å². The van der Waals surface area contributed by atoms with Crippen LogP contribution in [-0.4, -0.2) is 33.7 Å². The second-order valence-corrected chi connectivity index (χ2v) is 6.68. The number of hydrogen-bond donors (Lipinski definition) is 1. The van der Waals surface area contributed by atoms with E-state index in [4.69, 9.17) is 16.7 Å². The molecule has 7 heteroatoms. The van der Waals surface area contributed by atoms with Crippen molar-refractivity contribution in [2.45, 2.75) is 32.2 Å². The van der Waals surface area contributed by atoms with Gasteiger partial charge in [0, 0.05) is 23.1 Å². The first-order chi connectivity index (χ1) is 10.9. The summed E-state index contributed by atoms with van der Waals surface area (Å²) < 4.78 is 0. The summed E-state index contributed by atoms with van der Waals surface area (Å²) in [6.07, 6.45) is 0.462. The summed E-state index contributed by atoms with van der Waals surface area (Å²) in [6.45, 7) is 1.71. The van der Waals surface area contributed by atoms with E-state index in [1.807, 2.05) is 5.38 Å². The van der Waals surface area contributed by atoms with E-state index in [9.17, 15) is 14.4 Å². The van der Waals surface area contributed by atoms with Crippen LogP contribution in [0, 0.1) is 0 Å². The van der Waals surface area contributed by atoms with E-state index in [1.54, 1.807) is 23.3 Å². The van der Waals surface area contributed by atoms with Crippen LogP contribution in [0.15, 0.2) is 38.7 Å². The molecule has 1 amide bonds. The predicted octanol–water partition coefficient (Wildman–Crippen LogP) is 3.18. The fourth-order valence-electron chi connectivity index (χ4n) is 3.18. The molecule has 0 radical (unpaired) electrons. The Kier molecular flexibility index (Phi) is 4.12. The third-order valence-electron chi connectivity index (χ3n) is 4.21. The lowest BCUT2D eigenvalue weighted by atomic mass is 9.89. The number of aliphatic carboxylic acids is 1. The van der Waals surface area contributed by atoms with E-state index < -0.39 is 5.97 Å². The Balaban J connectivity index is 2.11. The van der Waals surface area contributed by atoms with Gasteiger partial charge in [0.05, 0.1) is 23.1 Å². The molecule has 1 N–H and O–H groups in total. The summed E-state index contributed by atoms with van der Waals surface area (Å²) in [7, 11) is 0. The zero-order chi connectivity index (χ0) is 16.7. The van der Waals surface area contributed by atoms with Crippen molar-refractivity contribution in [3.63, 3.8) is 0 Å². The highest BCUT2D eigenvalue weighted by Crippen LogP contribution is 2.44. The van der Waals surface area contributed by atoms with Gasteiger partial charge in [0.25, 0.3) is 5.91 Å². The maximum absolute atomic E-state index is 12.8. The van der Waals surface area contributed by atoms with Gasteiger partial charge in [-0.3, -0.25) is 14.4 Å². The lowest BCUT2D eigenvalue weighted by Gasteiger charge is -2.29. The third kappa shape index (κ3) is 2.62. The molecule has 2 aliphatic rings. The molecule has 120 valence electrons. The molecule has 0 spiro atoms. The number of ketones is 1. The number of fused-ring (bicyclic) bond motifs is 1. The Morgan fingerprint density at radius 3 is 2.83 bits per heavy atom. The summed E-state index contributed by atoms with van der Waals surface area (Å²) in [5.41, 5.74) is 2.10. The largest absolute Gasteiger partial charge is 0.481 e. The van der Waals surface area contributed by atoms with Crippen LogP contribution in [0.3, 0.4) is 0 Å². The molecule has 0 fully saturated rings. The number of carboxylic acids is 1. The summed E-state index contributed by atoms with van der Waals surface area (Å²) in [6, 6.07) is 1.37. The third-order valence-corrected chi connectivity index (χ3v) is 5.31. The predicted molar refractivity (Wildman–Crippen MR) is 86.3 cm³/mol. The number of carbonyl (C=O) groups excluding carboxylic acids is 2. The summed E-state index contributed by atoms with van der Waals surface area (Å²) in [5, 5.41) is 12.8. The van der Waals surface area contributed by atoms with Crippen molar-refractivity contribution in [1.29, 1.82) is 0 Å². The summed E-state index contributed by atoms with van der Waals surface area (Å²) in [4.78, 5) is 37.5. The maximum Gasteiger partial charge on any atom is 0.307 e. The van der Waals surface area contributed by atoms with Crippen molar-refractivity contribution in [1.82, 2.24) is 4.90 Å². The van der Waals surface area contributed by atoms with E-state index in [0.717, 1.165) is 0 Å². The smallest absolute Gasteiger partial charge is 0.307 e. The Bertz CT molecular complexity index is 763. The zero-order valence-electron chi connectivity index (χ0n) is 12.3. The van der Waals surface area contributed by atoms with Gasteiger partial charge in [-0.05, 0) is 30.4 Å². The van der Waals surface area contributed by atoms with Crippen LogP contribution in [0.5, 0.6) is 0 Å². The molecule has 1 aromatic rings. The van der Waals surface area contributed by atoms with Crippen molar-refractivity contribution >= 4 is 40.6 Å².